The summed E-state index contributed by atoms with van der Waals surface area (Å²) in [6.45, 7) is 7.23. The molecule has 94 valence electrons. The lowest BCUT2D eigenvalue weighted by molar-refractivity contribution is 0.0948. The molecule has 3 N–H and O–H groups in total. The summed E-state index contributed by atoms with van der Waals surface area (Å²) < 4.78 is 4.99. The van der Waals surface area contributed by atoms with Crippen LogP contribution >= 0.6 is 0 Å². The largest absolute Gasteiger partial charge is 0.394 e. The molecule has 0 saturated carbocycles. The first-order chi connectivity index (χ1) is 7.57. The Labute approximate surface area is 96.9 Å². The molecular formula is C11H22N2O3. The Morgan fingerprint density at radius 2 is 2.12 bits per heavy atom. The van der Waals surface area contributed by atoms with E-state index < -0.39 is 0 Å². The molecule has 0 aromatic heterocycles. The SMILES string of the molecule is C/C(=C\NC(=O)NCCOCCO)C(C)C. The van der Waals surface area contributed by atoms with E-state index in [2.05, 4.69) is 24.5 Å². The first-order valence-corrected chi connectivity index (χ1v) is 5.47. The summed E-state index contributed by atoms with van der Waals surface area (Å²) >= 11 is 0. The Kier molecular flexibility index (Phi) is 8.56. The predicted octanol–water partition coefficient (Wildman–Crippen LogP) is 0.854. The van der Waals surface area contributed by atoms with Gasteiger partial charge in [-0.3, -0.25) is 0 Å². The smallest absolute Gasteiger partial charge is 0.318 e. The molecule has 0 rings (SSSR count). The summed E-state index contributed by atoms with van der Waals surface area (Å²) in [7, 11) is 0. The number of aliphatic hydroxyl groups excluding tert-OH is 1. The number of rotatable bonds is 7. The van der Waals surface area contributed by atoms with Crippen LogP contribution in [0.2, 0.25) is 0 Å². The van der Waals surface area contributed by atoms with Crippen LogP contribution < -0.4 is 10.6 Å². The molecule has 0 saturated heterocycles. The fourth-order valence-corrected chi connectivity index (χ4v) is 0.800. The maximum atomic E-state index is 11.2. The number of carbonyl (C=O) groups is 1. The quantitative estimate of drug-likeness (QED) is 0.568. The molecule has 0 spiro atoms. The van der Waals surface area contributed by atoms with Crippen LogP contribution in [0.15, 0.2) is 11.8 Å². The molecule has 5 nitrogen and oxygen atoms in total. The minimum absolute atomic E-state index is 0.00250. The van der Waals surface area contributed by atoms with E-state index in [1.165, 1.54) is 0 Å². The van der Waals surface area contributed by atoms with E-state index in [-0.39, 0.29) is 12.6 Å². The highest BCUT2D eigenvalue weighted by molar-refractivity contribution is 5.74. The molecule has 0 radical (unpaired) electrons. The molecule has 0 aliphatic heterocycles. The van der Waals surface area contributed by atoms with Crippen molar-refractivity contribution in [2.45, 2.75) is 20.8 Å². The van der Waals surface area contributed by atoms with Crippen molar-refractivity contribution >= 4 is 6.03 Å². The van der Waals surface area contributed by atoms with Crippen LogP contribution in [-0.4, -0.2) is 37.5 Å². The molecule has 0 aromatic carbocycles. The summed E-state index contributed by atoms with van der Waals surface area (Å²) in [5, 5.41) is 13.7. The van der Waals surface area contributed by atoms with Crippen molar-refractivity contribution < 1.29 is 14.6 Å². The second-order valence-electron chi connectivity index (χ2n) is 3.78. The Balaban J connectivity index is 3.56. The van der Waals surface area contributed by atoms with Crippen molar-refractivity contribution in [2.24, 2.45) is 5.92 Å². The van der Waals surface area contributed by atoms with Gasteiger partial charge in [-0.1, -0.05) is 19.4 Å². The lowest BCUT2D eigenvalue weighted by Gasteiger charge is -2.07. The second-order valence-corrected chi connectivity index (χ2v) is 3.78. The van der Waals surface area contributed by atoms with Crippen molar-refractivity contribution in [3.8, 4) is 0 Å². The average molecular weight is 230 g/mol. The number of aliphatic hydroxyl groups is 1. The van der Waals surface area contributed by atoms with Gasteiger partial charge >= 0.3 is 6.03 Å². The van der Waals surface area contributed by atoms with Crippen LogP contribution in [0.1, 0.15) is 20.8 Å². The Morgan fingerprint density at radius 1 is 1.44 bits per heavy atom. The summed E-state index contributed by atoms with van der Waals surface area (Å²) in [5.74, 6) is 0.424. The third-order valence-corrected chi connectivity index (χ3v) is 2.11. The summed E-state index contributed by atoms with van der Waals surface area (Å²) in [5.41, 5.74) is 1.12. The molecule has 0 aliphatic rings. The van der Waals surface area contributed by atoms with Gasteiger partial charge in [0.2, 0.25) is 0 Å². The summed E-state index contributed by atoms with van der Waals surface area (Å²) in [6, 6.07) is -0.243. The number of ether oxygens (including phenoxy) is 1. The van der Waals surface area contributed by atoms with Gasteiger partial charge in [-0.2, -0.15) is 0 Å². The number of carbonyl (C=O) groups excluding carboxylic acids is 1. The van der Waals surface area contributed by atoms with Crippen molar-refractivity contribution in [3.63, 3.8) is 0 Å². The summed E-state index contributed by atoms with van der Waals surface area (Å²) in [4.78, 5) is 11.2. The van der Waals surface area contributed by atoms with Gasteiger partial charge in [0.05, 0.1) is 19.8 Å². The topological polar surface area (TPSA) is 70.6 Å². The lowest BCUT2D eigenvalue weighted by atomic mass is 10.1. The first kappa shape index (κ1) is 14.9. The second kappa shape index (κ2) is 9.18. The van der Waals surface area contributed by atoms with E-state index in [4.69, 9.17) is 9.84 Å². The van der Waals surface area contributed by atoms with Crippen LogP contribution in [0.25, 0.3) is 0 Å². The number of nitrogens with one attached hydrogen (secondary N) is 2. The number of allylic oxidation sites excluding steroid dienone is 1. The maximum absolute atomic E-state index is 11.2. The third-order valence-electron chi connectivity index (χ3n) is 2.11. The molecule has 0 bridgehead atoms. The Hall–Kier alpha value is -1.07. The van der Waals surface area contributed by atoms with Gasteiger partial charge in [0.25, 0.3) is 0 Å². The number of amides is 2. The Bertz CT molecular complexity index is 227. The van der Waals surface area contributed by atoms with Gasteiger partial charge in [-0.25, -0.2) is 4.79 Å². The highest BCUT2D eigenvalue weighted by Crippen LogP contribution is 2.05. The molecule has 0 aromatic rings. The van der Waals surface area contributed by atoms with Gasteiger partial charge in [-0.15, -0.1) is 0 Å². The number of hydrogen-bond donors (Lipinski definition) is 3. The van der Waals surface area contributed by atoms with Crippen molar-refractivity contribution in [1.29, 1.82) is 0 Å². The molecule has 16 heavy (non-hydrogen) atoms. The van der Waals surface area contributed by atoms with Gasteiger partial charge < -0.3 is 20.5 Å². The van der Waals surface area contributed by atoms with Gasteiger partial charge in [-0.05, 0) is 12.8 Å². The number of hydrogen-bond acceptors (Lipinski definition) is 3. The minimum Gasteiger partial charge on any atom is -0.394 e. The zero-order chi connectivity index (χ0) is 12.4. The summed E-state index contributed by atoms with van der Waals surface area (Å²) in [6.07, 6.45) is 1.70. The van der Waals surface area contributed by atoms with E-state index in [1.54, 1.807) is 6.20 Å². The van der Waals surface area contributed by atoms with Crippen LogP contribution in [-0.2, 0) is 4.74 Å². The molecule has 0 atom stereocenters. The van der Waals surface area contributed by atoms with Gasteiger partial charge in [0.1, 0.15) is 0 Å². The maximum Gasteiger partial charge on any atom is 0.318 e. The first-order valence-electron chi connectivity index (χ1n) is 5.47. The zero-order valence-electron chi connectivity index (χ0n) is 10.2. The van der Waals surface area contributed by atoms with E-state index >= 15 is 0 Å². The third kappa shape index (κ3) is 8.26. The molecular weight excluding hydrogens is 208 g/mol. The van der Waals surface area contributed by atoms with Crippen LogP contribution in [0, 0.1) is 5.92 Å². The minimum atomic E-state index is -0.243. The Morgan fingerprint density at radius 3 is 2.69 bits per heavy atom. The predicted molar refractivity (Wildman–Crippen MR) is 63.0 cm³/mol. The van der Waals surface area contributed by atoms with Crippen LogP contribution in [0.5, 0.6) is 0 Å². The average Bonchev–Trinajstić information content (AvgIpc) is 2.25. The highest BCUT2D eigenvalue weighted by Gasteiger charge is 1.99. The number of urea groups is 1. The highest BCUT2D eigenvalue weighted by atomic mass is 16.5. The normalized spacial score (nSPS) is 11.7. The van der Waals surface area contributed by atoms with Crippen molar-refractivity contribution in [1.82, 2.24) is 10.6 Å². The van der Waals surface area contributed by atoms with E-state index in [0.29, 0.717) is 25.7 Å². The van der Waals surface area contributed by atoms with Crippen LogP contribution in [0.3, 0.4) is 0 Å². The molecule has 5 heteroatoms. The zero-order valence-corrected chi connectivity index (χ0v) is 10.2. The van der Waals surface area contributed by atoms with E-state index in [9.17, 15) is 4.79 Å². The standard InChI is InChI=1S/C11H22N2O3/c1-9(2)10(3)8-13-11(15)12-4-6-16-7-5-14/h8-9,14H,4-7H2,1-3H3,(H2,12,13,15)/b10-8+. The van der Waals surface area contributed by atoms with Crippen LogP contribution in [0.4, 0.5) is 4.79 Å². The van der Waals surface area contributed by atoms with Crippen molar-refractivity contribution in [3.05, 3.63) is 11.8 Å². The van der Waals surface area contributed by atoms with E-state index in [0.717, 1.165) is 5.57 Å². The molecule has 0 fully saturated rings. The fraction of sp³-hybridized carbons (Fsp3) is 0.727. The van der Waals surface area contributed by atoms with Gasteiger partial charge in [0, 0.05) is 12.7 Å². The fourth-order valence-electron chi connectivity index (χ4n) is 0.800. The molecule has 0 aliphatic carbocycles. The lowest BCUT2D eigenvalue weighted by Crippen LogP contribution is -2.34. The monoisotopic (exact) mass is 230 g/mol. The van der Waals surface area contributed by atoms with Crippen molar-refractivity contribution in [2.75, 3.05) is 26.4 Å². The van der Waals surface area contributed by atoms with E-state index in [1.807, 2.05) is 6.92 Å². The molecule has 2 amide bonds. The van der Waals surface area contributed by atoms with Gasteiger partial charge in [0.15, 0.2) is 0 Å². The molecule has 0 unspecified atom stereocenters. The molecule has 0 heterocycles.